The van der Waals surface area contributed by atoms with Gasteiger partial charge in [0.2, 0.25) is 0 Å². The van der Waals surface area contributed by atoms with E-state index in [0.29, 0.717) is 0 Å². The Morgan fingerprint density at radius 3 is 3.00 bits per heavy atom. The molecule has 2 aromatic heterocycles. The van der Waals surface area contributed by atoms with Crippen molar-refractivity contribution >= 4 is 17.2 Å². The summed E-state index contributed by atoms with van der Waals surface area (Å²) in [6, 6.07) is 1.80. The van der Waals surface area contributed by atoms with Gasteiger partial charge in [0.25, 0.3) is 12.3 Å². The number of carbonyl (C=O) groups is 1. The van der Waals surface area contributed by atoms with Crippen molar-refractivity contribution in [2.45, 2.75) is 38.2 Å². The van der Waals surface area contributed by atoms with Crippen molar-refractivity contribution in [2.75, 3.05) is 7.11 Å². The van der Waals surface area contributed by atoms with Crippen LogP contribution in [0.3, 0.4) is 0 Å². The molecule has 0 saturated heterocycles. The van der Waals surface area contributed by atoms with E-state index in [9.17, 15) is 13.6 Å². The molecule has 2 aromatic rings. The van der Waals surface area contributed by atoms with Gasteiger partial charge in [-0.3, -0.25) is 14.3 Å². The maximum atomic E-state index is 13.2. The van der Waals surface area contributed by atoms with Gasteiger partial charge >= 0.3 is 0 Å². The summed E-state index contributed by atoms with van der Waals surface area (Å²) in [5.74, 6) is -0.577. The first-order chi connectivity index (χ1) is 11.5. The second-order valence-corrected chi connectivity index (χ2v) is 6.74. The lowest BCUT2D eigenvalue weighted by atomic mass is 10.1. The largest absolute Gasteiger partial charge is 0.282 e. The van der Waals surface area contributed by atoms with E-state index in [1.54, 1.807) is 11.3 Å². The summed E-state index contributed by atoms with van der Waals surface area (Å²) < 4.78 is 27.6. The molecule has 8 heteroatoms. The van der Waals surface area contributed by atoms with E-state index in [0.717, 1.165) is 30.6 Å². The topological polar surface area (TPSA) is 47.4 Å². The first-order valence-corrected chi connectivity index (χ1v) is 8.66. The molecule has 0 N–H and O–H groups in total. The van der Waals surface area contributed by atoms with Crippen molar-refractivity contribution in [3.8, 4) is 0 Å². The second kappa shape index (κ2) is 6.98. The number of rotatable bonds is 4. The zero-order chi connectivity index (χ0) is 17.3. The Balaban J connectivity index is 1.96. The van der Waals surface area contributed by atoms with Gasteiger partial charge in [0, 0.05) is 18.1 Å². The average Bonchev–Trinajstić information content (AvgIpc) is 3.12. The molecule has 1 amide bonds. The fraction of sp³-hybridized carbons (Fsp3) is 0.500. The summed E-state index contributed by atoms with van der Waals surface area (Å²) >= 11 is 1.58. The van der Waals surface area contributed by atoms with Crippen LogP contribution < -0.4 is 0 Å². The number of aromatic nitrogens is 2. The Morgan fingerprint density at radius 2 is 2.29 bits per heavy atom. The first-order valence-electron chi connectivity index (χ1n) is 7.78. The molecule has 0 fully saturated rings. The number of carbonyl (C=O) groups excluding carboxylic acids is 1. The van der Waals surface area contributed by atoms with Gasteiger partial charge in [0.15, 0.2) is 0 Å². The molecule has 5 nitrogen and oxygen atoms in total. The third kappa shape index (κ3) is 3.08. The van der Waals surface area contributed by atoms with E-state index in [1.807, 2.05) is 5.38 Å². The van der Waals surface area contributed by atoms with Crippen molar-refractivity contribution in [2.24, 2.45) is 7.05 Å². The lowest BCUT2D eigenvalue weighted by Crippen LogP contribution is -2.34. The maximum Gasteiger partial charge on any atom is 0.282 e. The SMILES string of the molecule is CON(C(=O)c1cn(C)nc1C(F)F)C1CCCCc2ccsc21. The summed E-state index contributed by atoms with van der Waals surface area (Å²) in [5.41, 5.74) is 0.582. The highest BCUT2D eigenvalue weighted by atomic mass is 32.1. The Kier molecular flexibility index (Phi) is 4.96. The number of thiophene rings is 1. The Labute approximate surface area is 142 Å². The number of hydroxylamine groups is 2. The molecule has 2 heterocycles. The summed E-state index contributed by atoms with van der Waals surface area (Å²) in [7, 11) is 2.91. The van der Waals surface area contributed by atoms with Crippen molar-refractivity contribution in [3.63, 3.8) is 0 Å². The lowest BCUT2D eigenvalue weighted by molar-refractivity contribution is -0.126. The number of amides is 1. The molecule has 0 radical (unpaired) electrons. The minimum absolute atomic E-state index is 0.114. The second-order valence-electron chi connectivity index (χ2n) is 5.79. The van der Waals surface area contributed by atoms with Crippen molar-refractivity contribution in [3.05, 3.63) is 39.3 Å². The molecule has 0 spiro atoms. The van der Waals surface area contributed by atoms with E-state index in [1.165, 1.54) is 35.7 Å². The number of halogens is 2. The summed E-state index contributed by atoms with van der Waals surface area (Å²) in [4.78, 5) is 19.3. The van der Waals surface area contributed by atoms with Crippen LogP contribution in [0.1, 0.15) is 58.2 Å². The Bertz CT molecular complexity index is 729. The van der Waals surface area contributed by atoms with Gasteiger partial charge in [-0.1, -0.05) is 6.42 Å². The third-order valence-electron chi connectivity index (χ3n) is 4.23. The number of hydrogen-bond acceptors (Lipinski definition) is 4. The van der Waals surface area contributed by atoms with Crippen molar-refractivity contribution in [1.29, 1.82) is 0 Å². The summed E-state index contributed by atoms with van der Waals surface area (Å²) in [6.45, 7) is 0. The van der Waals surface area contributed by atoms with E-state index in [2.05, 4.69) is 11.2 Å². The van der Waals surface area contributed by atoms with Crippen molar-refractivity contribution in [1.82, 2.24) is 14.8 Å². The molecule has 0 aliphatic heterocycles. The highest BCUT2D eigenvalue weighted by Crippen LogP contribution is 2.38. The number of nitrogens with zero attached hydrogens (tertiary/aromatic N) is 3. The maximum absolute atomic E-state index is 13.2. The number of fused-ring (bicyclic) bond motifs is 1. The highest BCUT2D eigenvalue weighted by Gasteiger charge is 2.33. The van der Waals surface area contributed by atoms with E-state index < -0.39 is 18.0 Å². The Morgan fingerprint density at radius 1 is 1.50 bits per heavy atom. The van der Waals surface area contributed by atoms with Crippen LogP contribution in [0.4, 0.5) is 8.78 Å². The number of aryl methyl sites for hydroxylation is 2. The van der Waals surface area contributed by atoms with Crippen LogP contribution in [0, 0.1) is 0 Å². The molecule has 0 aromatic carbocycles. The molecule has 1 aliphatic carbocycles. The fourth-order valence-electron chi connectivity index (χ4n) is 3.16. The summed E-state index contributed by atoms with van der Waals surface area (Å²) in [6.07, 6.45) is 2.22. The zero-order valence-electron chi connectivity index (χ0n) is 13.5. The van der Waals surface area contributed by atoms with Gasteiger partial charge in [-0.05, 0) is 36.3 Å². The normalized spacial score (nSPS) is 17.6. The smallest absolute Gasteiger partial charge is 0.275 e. The molecular formula is C16H19F2N3O2S. The van der Waals surface area contributed by atoms with E-state index in [4.69, 9.17) is 4.84 Å². The molecule has 3 rings (SSSR count). The highest BCUT2D eigenvalue weighted by molar-refractivity contribution is 7.10. The van der Waals surface area contributed by atoms with Crippen LogP contribution in [-0.4, -0.2) is 27.9 Å². The molecule has 0 bridgehead atoms. The fourth-order valence-corrected chi connectivity index (χ4v) is 4.23. The third-order valence-corrected chi connectivity index (χ3v) is 5.29. The first kappa shape index (κ1) is 17.0. The van der Waals surface area contributed by atoms with Gasteiger partial charge in [-0.15, -0.1) is 11.3 Å². The van der Waals surface area contributed by atoms with Crippen molar-refractivity contribution < 1.29 is 18.4 Å². The monoisotopic (exact) mass is 355 g/mol. The lowest BCUT2D eigenvalue weighted by Gasteiger charge is -2.28. The van der Waals surface area contributed by atoms with E-state index >= 15 is 0 Å². The van der Waals surface area contributed by atoms with Crippen LogP contribution in [0.5, 0.6) is 0 Å². The zero-order valence-corrected chi connectivity index (χ0v) is 14.4. The molecule has 130 valence electrons. The van der Waals surface area contributed by atoms with Gasteiger partial charge in [0.05, 0.1) is 18.7 Å². The molecule has 24 heavy (non-hydrogen) atoms. The number of hydrogen-bond donors (Lipinski definition) is 0. The molecule has 1 atom stereocenters. The van der Waals surface area contributed by atoms with Gasteiger partial charge in [0.1, 0.15) is 5.69 Å². The number of alkyl halides is 2. The van der Waals surface area contributed by atoms with Crippen LogP contribution >= 0.6 is 11.3 Å². The molecule has 1 unspecified atom stereocenters. The molecular weight excluding hydrogens is 336 g/mol. The van der Waals surface area contributed by atoms with Gasteiger partial charge in [-0.25, -0.2) is 13.8 Å². The Hall–Kier alpha value is -1.80. The minimum Gasteiger partial charge on any atom is -0.275 e. The summed E-state index contributed by atoms with van der Waals surface area (Å²) in [5, 5.41) is 6.93. The minimum atomic E-state index is -2.81. The van der Waals surface area contributed by atoms with E-state index in [-0.39, 0.29) is 11.6 Å². The quantitative estimate of drug-likeness (QED) is 0.617. The van der Waals surface area contributed by atoms with Crippen LogP contribution in [-0.2, 0) is 18.3 Å². The van der Waals surface area contributed by atoms with Gasteiger partial charge < -0.3 is 0 Å². The molecule has 1 aliphatic rings. The predicted molar refractivity (Wildman–Crippen MR) is 86.0 cm³/mol. The standard InChI is InChI=1S/C16H19F2N3O2S/c1-20-9-11(13(19-20)15(17)18)16(22)21(23-2)12-6-4-3-5-10-7-8-24-14(10)12/h7-9,12,15H,3-6H2,1-2H3. The van der Waals surface area contributed by atoms with Crippen LogP contribution in [0.15, 0.2) is 17.6 Å². The van der Waals surface area contributed by atoms with Crippen LogP contribution in [0.25, 0.3) is 0 Å². The molecule has 0 saturated carbocycles. The average molecular weight is 355 g/mol. The van der Waals surface area contributed by atoms with Gasteiger partial charge in [-0.2, -0.15) is 5.10 Å². The predicted octanol–water partition coefficient (Wildman–Crippen LogP) is 3.89. The van der Waals surface area contributed by atoms with Crippen LogP contribution in [0.2, 0.25) is 0 Å².